The molecule has 0 bridgehead atoms. The van der Waals surface area contributed by atoms with Crippen LogP contribution in [0.25, 0.3) is 11.5 Å². The van der Waals surface area contributed by atoms with Crippen molar-refractivity contribution in [2.24, 2.45) is 0 Å². The molecular formula is C18H16BrN3O2S. The quantitative estimate of drug-likeness (QED) is 0.605. The molecule has 2 aromatic carbocycles. The third-order valence-corrected chi connectivity index (χ3v) is 4.86. The van der Waals surface area contributed by atoms with Crippen LogP contribution in [0.2, 0.25) is 0 Å². The van der Waals surface area contributed by atoms with Gasteiger partial charge in [0.25, 0.3) is 5.22 Å². The van der Waals surface area contributed by atoms with Gasteiger partial charge in [-0.1, -0.05) is 64.1 Å². The van der Waals surface area contributed by atoms with Crippen LogP contribution in [0.5, 0.6) is 0 Å². The first-order valence-electron chi connectivity index (χ1n) is 7.69. The molecule has 0 aliphatic carbocycles. The molecule has 1 N–H and O–H groups in total. The molecule has 0 radical (unpaired) electrons. The van der Waals surface area contributed by atoms with E-state index in [0.717, 1.165) is 15.6 Å². The van der Waals surface area contributed by atoms with Gasteiger partial charge in [0, 0.05) is 16.6 Å². The van der Waals surface area contributed by atoms with E-state index in [1.807, 2.05) is 61.5 Å². The van der Waals surface area contributed by atoms with Crippen LogP contribution < -0.4 is 5.32 Å². The van der Waals surface area contributed by atoms with Gasteiger partial charge in [0.05, 0.1) is 5.25 Å². The summed E-state index contributed by atoms with van der Waals surface area (Å²) in [6.07, 6.45) is 0. The Kier molecular flexibility index (Phi) is 5.88. The molecule has 0 saturated carbocycles. The summed E-state index contributed by atoms with van der Waals surface area (Å²) in [5, 5.41) is 11.0. The van der Waals surface area contributed by atoms with E-state index in [1.54, 1.807) is 0 Å². The summed E-state index contributed by atoms with van der Waals surface area (Å²) in [5.74, 6) is 0.358. The van der Waals surface area contributed by atoms with E-state index in [-0.39, 0.29) is 11.2 Å². The van der Waals surface area contributed by atoms with E-state index < -0.39 is 0 Å². The van der Waals surface area contributed by atoms with Gasteiger partial charge in [-0.3, -0.25) is 4.79 Å². The van der Waals surface area contributed by atoms with Gasteiger partial charge < -0.3 is 9.73 Å². The lowest BCUT2D eigenvalue weighted by molar-refractivity contribution is -0.120. The first-order chi connectivity index (χ1) is 12.1. The molecule has 1 atom stereocenters. The predicted octanol–water partition coefficient (Wildman–Crippen LogP) is 4.30. The van der Waals surface area contributed by atoms with Gasteiger partial charge >= 0.3 is 0 Å². The van der Waals surface area contributed by atoms with Crippen molar-refractivity contribution in [3.63, 3.8) is 0 Å². The standard InChI is InChI=1S/C18H16BrN3O2S/c1-12(16(23)20-11-13-6-3-2-4-7-13)25-18-22-21-17(24-18)14-8-5-9-15(19)10-14/h2-10,12H,11H2,1H3,(H,20,23). The number of hydrogen-bond acceptors (Lipinski definition) is 5. The number of thioether (sulfide) groups is 1. The van der Waals surface area contributed by atoms with E-state index in [0.29, 0.717) is 17.7 Å². The number of carbonyl (C=O) groups excluding carboxylic acids is 1. The molecule has 1 aromatic heterocycles. The minimum atomic E-state index is -0.334. The Hall–Kier alpha value is -2.12. The molecule has 0 saturated heterocycles. The molecule has 5 nitrogen and oxygen atoms in total. The zero-order valence-corrected chi connectivity index (χ0v) is 15.9. The summed E-state index contributed by atoms with van der Waals surface area (Å²) < 4.78 is 6.58. The summed E-state index contributed by atoms with van der Waals surface area (Å²) in [5.41, 5.74) is 1.89. The fourth-order valence-electron chi connectivity index (χ4n) is 2.13. The van der Waals surface area contributed by atoms with Crippen molar-refractivity contribution in [1.82, 2.24) is 15.5 Å². The Morgan fingerprint density at radius 1 is 1.20 bits per heavy atom. The molecule has 3 aromatic rings. The monoisotopic (exact) mass is 417 g/mol. The zero-order chi connectivity index (χ0) is 17.6. The third kappa shape index (κ3) is 4.93. The molecule has 1 heterocycles. The number of benzene rings is 2. The molecule has 1 unspecified atom stereocenters. The van der Waals surface area contributed by atoms with Crippen molar-refractivity contribution in [1.29, 1.82) is 0 Å². The van der Waals surface area contributed by atoms with Gasteiger partial charge in [0.2, 0.25) is 11.8 Å². The van der Waals surface area contributed by atoms with Crippen molar-refractivity contribution in [2.75, 3.05) is 0 Å². The Balaban J connectivity index is 1.57. The van der Waals surface area contributed by atoms with Gasteiger partial charge in [-0.15, -0.1) is 10.2 Å². The van der Waals surface area contributed by atoms with Crippen LogP contribution in [-0.2, 0) is 11.3 Å². The van der Waals surface area contributed by atoms with Crippen LogP contribution in [-0.4, -0.2) is 21.4 Å². The maximum absolute atomic E-state index is 12.2. The number of aromatic nitrogens is 2. The number of amides is 1. The maximum atomic E-state index is 12.2. The van der Waals surface area contributed by atoms with Crippen molar-refractivity contribution in [3.05, 3.63) is 64.6 Å². The van der Waals surface area contributed by atoms with Crippen LogP contribution in [0.1, 0.15) is 12.5 Å². The van der Waals surface area contributed by atoms with E-state index in [1.165, 1.54) is 11.8 Å². The highest BCUT2D eigenvalue weighted by atomic mass is 79.9. The number of hydrogen-bond donors (Lipinski definition) is 1. The summed E-state index contributed by atoms with van der Waals surface area (Å²) in [7, 11) is 0. The van der Waals surface area contributed by atoms with Crippen molar-refractivity contribution in [3.8, 4) is 11.5 Å². The molecule has 0 fully saturated rings. The van der Waals surface area contributed by atoms with Gasteiger partial charge in [0.1, 0.15) is 0 Å². The minimum Gasteiger partial charge on any atom is -0.411 e. The highest BCUT2D eigenvalue weighted by Crippen LogP contribution is 2.27. The van der Waals surface area contributed by atoms with Gasteiger partial charge in [0.15, 0.2) is 0 Å². The Morgan fingerprint density at radius 3 is 2.76 bits per heavy atom. The second-order valence-corrected chi connectivity index (χ2v) is 7.55. The fraction of sp³-hybridized carbons (Fsp3) is 0.167. The summed E-state index contributed by atoms with van der Waals surface area (Å²) in [6, 6.07) is 17.4. The molecule has 3 rings (SSSR count). The van der Waals surface area contributed by atoms with Crippen molar-refractivity contribution >= 4 is 33.6 Å². The Bertz CT molecular complexity index is 854. The average molecular weight is 418 g/mol. The van der Waals surface area contributed by atoms with Crippen LogP contribution in [0, 0.1) is 0 Å². The molecule has 0 aliphatic rings. The number of nitrogens with zero attached hydrogens (tertiary/aromatic N) is 2. The average Bonchev–Trinajstić information content (AvgIpc) is 3.09. The zero-order valence-electron chi connectivity index (χ0n) is 13.5. The Labute approximate surface area is 158 Å². The normalized spacial score (nSPS) is 11.9. The molecule has 1 amide bonds. The van der Waals surface area contributed by atoms with Gasteiger partial charge in [-0.05, 0) is 30.7 Å². The number of nitrogens with one attached hydrogen (secondary N) is 1. The molecule has 0 aliphatic heterocycles. The lowest BCUT2D eigenvalue weighted by Gasteiger charge is -2.09. The number of rotatable bonds is 6. The van der Waals surface area contributed by atoms with Crippen LogP contribution in [0.3, 0.4) is 0 Å². The highest BCUT2D eigenvalue weighted by Gasteiger charge is 2.18. The first kappa shape index (κ1) is 17.7. The van der Waals surface area contributed by atoms with Crippen LogP contribution in [0.4, 0.5) is 0 Å². The topological polar surface area (TPSA) is 68.0 Å². The third-order valence-electron chi connectivity index (χ3n) is 3.43. The largest absolute Gasteiger partial charge is 0.411 e. The van der Waals surface area contributed by atoms with Crippen LogP contribution in [0.15, 0.2) is 68.7 Å². The van der Waals surface area contributed by atoms with Crippen LogP contribution >= 0.6 is 27.7 Å². The molecule has 25 heavy (non-hydrogen) atoms. The van der Waals surface area contributed by atoms with Crippen molar-refractivity contribution < 1.29 is 9.21 Å². The van der Waals surface area contributed by atoms with E-state index >= 15 is 0 Å². The second-order valence-electron chi connectivity index (χ2n) is 5.35. The Morgan fingerprint density at radius 2 is 2.00 bits per heavy atom. The van der Waals surface area contributed by atoms with Gasteiger partial charge in [-0.25, -0.2) is 0 Å². The van der Waals surface area contributed by atoms with Crippen molar-refractivity contribution in [2.45, 2.75) is 23.9 Å². The molecular weight excluding hydrogens is 402 g/mol. The molecule has 0 spiro atoms. The smallest absolute Gasteiger partial charge is 0.277 e. The predicted molar refractivity (Wildman–Crippen MR) is 101 cm³/mol. The SMILES string of the molecule is CC(Sc1nnc(-c2cccc(Br)c2)o1)C(=O)NCc1ccccc1. The second kappa shape index (κ2) is 8.31. The first-order valence-corrected chi connectivity index (χ1v) is 9.37. The lowest BCUT2D eigenvalue weighted by atomic mass is 10.2. The molecule has 7 heteroatoms. The van der Waals surface area contributed by atoms with E-state index in [4.69, 9.17) is 4.42 Å². The summed E-state index contributed by atoms with van der Waals surface area (Å²) in [6.45, 7) is 2.31. The number of carbonyl (C=O) groups is 1. The summed E-state index contributed by atoms with van der Waals surface area (Å²) in [4.78, 5) is 12.2. The maximum Gasteiger partial charge on any atom is 0.277 e. The lowest BCUT2D eigenvalue weighted by Crippen LogP contribution is -2.30. The van der Waals surface area contributed by atoms with Gasteiger partial charge in [-0.2, -0.15) is 0 Å². The summed E-state index contributed by atoms with van der Waals surface area (Å²) >= 11 is 4.66. The fourth-order valence-corrected chi connectivity index (χ4v) is 3.24. The highest BCUT2D eigenvalue weighted by molar-refractivity contribution is 9.10. The molecule has 128 valence electrons. The van der Waals surface area contributed by atoms with E-state index in [2.05, 4.69) is 31.4 Å². The van der Waals surface area contributed by atoms with E-state index in [9.17, 15) is 4.79 Å². The number of halogens is 1. The minimum absolute atomic E-state index is 0.0731.